The van der Waals surface area contributed by atoms with Crippen molar-refractivity contribution in [2.45, 2.75) is 31.2 Å². The van der Waals surface area contributed by atoms with Crippen molar-refractivity contribution >= 4 is 30.1 Å². The van der Waals surface area contributed by atoms with Gasteiger partial charge in [-0.3, -0.25) is 9.69 Å². The molecule has 0 radical (unpaired) electrons. The minimum atomic E-state index is -0.825. The van der Waals surface area contributed by atoms with Gasteiger partial charge in [0.15, 0.2) is 0 Å². The summed E-state index contributed by atoms with van der Waals surface area (Å²) < 4.78 is 0. The fourth-order valence-electron chi connectivity index (χ4n) is 5.28. The minimum Gasteiger partial charge on any atom is -0.481 e. The van der Waals surface area contributed by atoms with Crippen LogP contribution in [0.3, 0.4) is 0 Å². The van der Waals surface area contributed by atoms with Crippen molar-refractivity contribution < 1.29 is 14.7 Å². The number of carboxylic acid groups (broad SMARTS) is 1. The number of urea groups is 1. The molecule has 2 heterocycles. The molecular formula is C29H32ClN3O3. The zero-order valence-electron chi connectivity index (χ0n) is 20.4. The molecule has 2 atom stereocenters. The number of amides is 2. The number of carboxylic acids is 1. The lowest BCUT2D eigenvalue weighted by Gasteiger charge is -2.25. The van der Waals surface area contributed by atoms with Gasteiger partial charge >= 0.3 is 12.0 Å². The molecule has 2 aliphatic rings. The number of anilines is 1. The number of aliphatic carboxylic acids is 1. The Bertz CT molecular complexity index is 1220. The van der Waals surface area contributed by atoms with Gasteiger partial charge in [0.2, 0.25) is 0 Å². The van der Waals surface area contributed by atoms with Crippen LogP contribution in [0, 0.1) is 0 Å². The van der Waals surface area contributed by atoms with Crippen LogP contribution < -0.4 is 10.2 Å². The Morgan fingerprint density at radius 2 is 1.64 bits per heavy atom. The quantitative estimate of drug-likeness (QED) is 0.493. The van der Waals surface area contributed by atoms with Crippen molar-refractivity contribution in [3.63, 3.8) is 0 Å². The van der Waals surface area contributed by atoms with E-state index < -0.39 is 5.97 Å². The fourth-order valence-corrected chi connectivity index (χ4v) is 5.28. The molecule has 1 fully saturated rings. The molecule has 2 unspecified atom stereocenters. The van der Waals surface area contributed by atoms with Crippen molar-refractivity contribution in [1.29, 1.82) is 0 Å². The summed E-state index contributed by atoms with van der Waals surface area (Å²) in [5.74, 6) is -1.04. The highest BCUT2D eigenvalue weighted by Crippen LogP contribution is 2.34. The maximum atomic E-state index is 12.9. The first-order valence-corrected chi connectivity index (χ1v) is 12.2. The van der Waals surface area contributed by atoms with Crippen molar-refractivity contribution in [3.8, 4) is 0 Å². The Hall–Kier alpha value is -3.35. The highest BCUT2D eigenvalue weighted by Gasteiger charge is 2.33. The van der Waals surface area contributed by atoms with Gasteiger partial charge in [0.1, 0.15) is 0 Å². The van der Waals surface area contributed by atoms with E-state index in [9.17, 15) is 14.7 Å². The summed E-state index contributed by atoms with van der Waals surface area (Å²) in [7, 11) is 2.15. The summed E-state index contributed by atoms with van der Waals surface area (Å²) in [5, 5.41) is 12.5. The van der Waals surface area contributed by atoms with Crippen molar-refractivity contribution in [3.05, 3.63) is 101 Å². The van der Waals surface area contributed by atoms with Gasteiger partial charge in [-0.25, -0.2) is 4.79 Å². The van der Waals surface area contributed by atoms with Crippen LogP contribution in [0.2, 0.25) is 0 Å². The maximum absolute atomic E-state index is 12.9. The summed E-state index contributed by atoms with van der Waals surface area (Å²) in [6.45, 7) is 2.61. The average molecular weight is 506 g/mol. The van der Waals surface area contributed by atoms with E-state index in [4.69, 9.17) is 0 Å². The smallest absolute Gasteiger partial charge is 0.322 e. The number of halogens is 1. The third-order valence-electron chi connectivity index (χ3n) is 7.28. The molecule has 3 aromatic rings. The second-order valence-corrected chi connectivity index (χ2v) is 9.56. The highest BCUT2D eigenvalue weighted by atomic mass is 35.5. The Balaban J connectivity index is 0.00000304. The molecule has 0 spiro atoms. The Kier molecular flexibility index (Phi) is 7.97. The molecule has 6 nitrogen and oxygen atoms in total. The minimum absolute atomic E-state index is 0. The van der Waals surface area contributed by atoms with Gasteiger partial charge in [-0.2, -0.15) is 0 Å². The van der Waals surface area contributed by atoms with Gasteiger partial charge < -0.3 is 15.3 Å². The number of fused-ring (bicyclic) bond motifs is 1. The number of hydrogen-bond donors (Lipinski definition) is 2. The molecular weight excluding hydrogens is 474 g/mol. The van der Waals surface area contributed by atoms with Gasteiger partial charge in [-0.15, -0.1) is 12.4 Å². The number of rotatable bonds is 6. The van der Waals surface area contributed by atoms with Crippen LogP contribution in [0.5, 0.6) is 0 Å². The summed E-state index contributed by atoms with van der Waals surface area (Å²) in [4.78, 5) is 28.6. The Morgan fingerprint density at radius 3 is 2.33 bits per heavy atom. The van der Waals surface area contributed by atoms with E-state index in [0.29, 0.717) is 6.54 Å². The number of hydrogen-bond acceptors (Lipinski definition) is 3. The maximum Gasteiger partial charge on any atom is 0.322 e. The normalized spacial score (nSPS) is 18.5. The molecule has 36 heavy (non-hydrogen) atoms. The predicted molar refractivity (Wildman–Crippen MR) is 144 cm³/mol. The van der Waals surface area contributed by atoms with Gasteiger partial charge in [-0.1, -0.05) is 60.7 Å². The molecule has 5 rings (SSSR count). The first-order valence-electron chi connectivity index (χ1n) is 12.2. The van der Waals surface area contributed by atoms with Crippen LogP contribution in [0.1, 0.15) is 46.2 Å². The summed E-state index contributed by atoms with van der Waals surface area (Å²) in [5.41, 5.74) is 6.58. The van der Waals surface area contributed by atoms with Crippen LogP contribution in [-0.2, 0) is 17.6 Å². The SMILES string of the molecule is CN1CCc2ccc(N3C(=O)NCC3c3ccc(C(CC(=O)O)c4ccccc4)cc3)cc2CC1.Cl. The molecule has 1 saturated heterocycles. The van der Waals surface area contributed by atoms with Crippen LogP contribution in [-0.4, -0.2) is 48.7 Å². The molecule has 0 aromatic heterocycles. The predicted octanol–water partition coefficient (Wildman–Crippen LogP) is 5.02. The lowest BCUT2D eigenvalue weighted by molar-refractivity contribution is -0.137. The monoisotopic (exact) mass is 505 g/mol. The third kappa shape index (κ3) is 5.40. The lowest BCUT2D eigenvalue weighted by Crippen LogP contribution is -2.29. The molecule has 0 aliphatic carbocycles. The molecule has 0 saturated carbocycles. The van der Waals surface area contributed by atoms with E-state index in [1.807, 2.05) is 59.5 Å². The lowest BCUT2D eigenvalue weighted by atomic mass is 9.87. The molecule has 188 valence electrons. The number of nitrogens with zero attached hydrogens (tertiary/aromatic N) is 2. The van der Waals surface area contributed by atoms with E-state index in [1.165, 1.54) is 11.1 Å². The van der Waals surface area contributed by atoms with Gasteiger partial charge in [0.25, 0.3) is 0 Å². The van der Waals surface area contributed by atoms with E-state index >= 15 is 0 Å². The molecule has 3 aromatic carbocycles. The molecule has 7 heteroatoms. The summed E-state index contributed by atoms with van der Waals surface area (Å²) in [6, 6.07) is 24.0. The fraction of sp³-hybridized carbons (Fsp3) is 0.310. The van der Waals surface area contributed by atoms with Crippen LogP contribution in [0.15, 0.2) is 72.8 Å². The van der Waals surface area contributed by atoms with Crippen LogP contribution in [0.25, 0.3) is 0 Å². The van der Waals surface area contributed by atoms with E-state index in [1.54, 1.807) is 0 Å². The zero-order valence-corrected chi connectivity index (χ0v) is 21.2. The van der Waals surface area contributed by atoms with Crippen molar-refractivity contribution in [2.75, 3.05) is 31.6 Å². The van der Waals surface area contributed by atoms with Gasteiger partial charge in [-0.05, 0) is 59.8 Å². The largest absolute Gasteiger partial charge is 0.481 e. The number of likely N-dealkylation sites (N-methyl/N-ethyl adjacent to an activating group) is 1. The number of nitrogens with one attached hydrogen (secondary N) is 1. The average Bonchev–Trinajstić information content (AvgIpc) is 3.16. The number of carbonyl (C=O) groups excluding carboxylic acids is 1. The topological polar surface area (TPSA) is 72.9 Å². The standard InChI is InChI=1S/C29H31N3O3.ClH/c1-31-15-13-20-11-12-25(17-24(20)14-16-31)32-27(19-30-29(32)35)23-9-7-22(8-10-23)26(18-28(33)34)21-5-3-2-4-6-21;/h2-12,17,26-27H,13-16,18-19H2,1H3,(H,30,35)(H,33,34);1H. The van der Waals surface area contributed by atoms with E-state index in [2.05, 4.69) is 35.5 Å². The van der Waals surface area contributed by atoms with Crippen molar-refractivity contribution in [2.24, 2.45) is 0 Å². The van der Waals surface area contributed by atoms with E-state index in [0.717, 1.165) is 48.3 Å². The zero-order chi connectivity index (χ0) is 24.4. The molecule has 0 bridgehead atoms. The first-order chi connectivity index (χ1) is 17.0. The first kappa shape index (κ1) is 25.7. The van der Waals surface area contributed by atoms with Crippen LogP contribution >= 0.6 is 12.4 Å². The van der Waals surface area contributed by atoms with E-state index in [-0.39, 0.29) is 36.8 Å². The molecule has 2 aliphatic heterocycles. The molecule has 2 N–H and O–H groups in total. The Labute approximate surface area is 218 Å². The van der Waals surface area contributed by atoms with Crippen molar-refractivity contribution in [1.82, 2.24) is 10.2 Å². The number of carbonyl (C=O) groups is 2. The molecule has 2 amide bonds. The highest BCUT2D eigenvalue weighted by molar-refractivity contribution is 5.95. The second kappa shape index (κ2) is 11.1. The van der Waals surface area contributed by atoms with Crippen LogP contribution in [0.4, 0.5) is 10.5 Å². The van der Waals surface area contributed by atoms with Gasteiger partial charge in [0.05, 0.1) is 12.5 Å². The Morgan fingerprint density at radius 1 is 0.972 bits per heavy atom. The summed E-state index contributed by atoms with van der Waals surface area (Å²) >= 11 is 0. The third-order valence-corrected chi connectivity index (χ3v) is 7.28. The number of benzene rings is 3. The van der Waals surface area contributed by atoms with Gasteiger partial charge in [0, 0.05) is 31.2 Å². The second-order valence-electron chi connectivity index (χ2n) is 9.56. The summed E-state index contributed by atoms with van der Waals surface area (Å²) in [6.07, 6.45) is 2.05.